The zero-order valence-corrected chi connectivity index (χ0v) is 14.0. The number of fused-ring (bicyclic) bond motifs is 1. The van der Waals surface area contributed by atoms with E-state index in [1.54, 1.807) is 42.5 Å². The zero-order valence-electron chi connectivity index (χ0n) is 14.0. The summed E-state index contributed by atoms with van der Waals surface area (Å²) in [7, 11) is 0. The highest BCUT2D eigenvalue weighted by molar-refractivity contribution is 5.98. The Kier molecular flexibility index (Phi) is 5.17. The van der Waals surface area contributed by atoms with Gasteiger partial charge in [0.1, 0.15) is 5.75 Å². The van der Waals surface area contributed by atoms with Crippen LogP contribution in [-0.4, -0.2) is 37.5 Å². The van der Waals surface area contributed by atoms with Crippen LogP contribution in [0.1, 0.15) is 27.6 Å². The molecule has 0 aliphatic carbocycles. The van der Waals surface area contributed by atoms with Gasteiger partial charge in [0.2, 0.25) is 6.79 Å². The molecule has 3 rings (SSSR count). The van der Waals surface area contributed by atoms with Gasteiger partial charge in [-0.25, -0.2) is 4.79 Å². The number of carbonyl (C=O) groups excluding carboxylic acids is 3. The molecule has 2 aromatic rings. The van der Waals surface area contributed by atoms with E-state index < -0.39 is 12.6 Å². The van der Waals surface area contributed by atoms with E-state index in [-0.39, 0.29) is 25.0 Å². The van der Waals surface area contributed by atoms with Crippen molar-refractivity contribution in [2.24, 2.45) is 0 Å². The average Bonchev–Trinajstić information content (AvgIpc) is 3.12. The number of esters is 1. The fraction of sp³-hybridized carbons (Fsp3) is 0.211. The molecule has 7 heteroatoms. The highest BCUT2D eigenvalue weighted by atomic mass is 16.7. The van der Waals surface area contributed by atoms with Crippen molar-refractivity contribution >= 4 is 17.5 Å². The zero-order chi connectivity index (χ0) is 18.5. The van der Waals surface area contributed by atoms with E-state index in [0.29, 0.717) is 28.4 Å². The van der Waals surface area contributed by atoms with Crippen molar-refractivity contribution in [2.45, 2.75) is 6.92 Å². The second kappa shape index (κ2) is 7.69. The lowest BCUT2D eigenvalue weighted by atomic mass is 10.1. The molecule has 0 amide bonds. The Labute approximate surface area is 149 Å². The van der Waals surface area contributed by atoms with Crippen LogP contribution in [0.25, 0.3) is 0 Å². The van der Waals surface area contributed by atoms with Gasteiger partial charge in [-0.3, -0.25) is 9.59 Å². The summed E-state index contributed by atoms with van der Waals surface area (Å²) in [5, 5.41) is 0. The van der Waals surface area contributed by atoms with Crippen molar-refractivity contribution in [1.82, 2.24) is 0 Å². The average molecular weight is 356 g/mol. The Morgan fingerprint density at radius 1 is 0.923 bits per heavy atom. The Morgan fingerprint density at radius 2 is 1.62 bits per heavy atom. The predicted octanol–water partition coefficient (Wildman–Crippen LogP) is 2.42. The highest BCUT2D eigenvalue weighted by Gasteiger charge is 2.17. The summed E-state index contributed by atoms with van der Waals surface area (Å²) < 4.78 is 20.6. The van der Waals surface area contributed by atoms with Gasteiger partial charge in [-0.05, 0) is 49.4 Å². The topological polar surface area (TPSA) is 88.1 Å². The first-order valence-electron chi connectivity index (χ1n) is 7.85. The normalized spacial score (nSPS) is 11.7. The first kappa shape index (κ1) is 17.5. The number of Topliss-reactive ketones (excluding diaryl/α,β-unsaturated/α-hetero) is 2. The van der Waals surface area contributed by atoms with E-state index in [0.717, 1.165) is 0 Å². The maximum atomic E-state index is 12.1. The first-order valence-corrected chi connectivity index (χ1v) is 7.85. The summed E-state index contributed by atoms with van der Waals surface area (Å²) in [5.41, 5.74) is 0.914. The van der Waals surface area contributed by atoms with E-state index in [1.807, 2.05) is 0 Å². The molecule has 0 radical (unpaired) electrons. The maximum absolute atomic E-state index is 12.1. The van der Waals surface area contributed by atoms with Gasteiger partial charge in [-0.15, -0.1) is 0 Å². The molecule has 0 saturated carbocycles. The van der Waals surface area contributed by atoms with E-state index in [1.165, 1.54) is 6.92 Å². The van der Waals surface area contributed by atoms with Gasteiger partial charge in [0, 0.05) is 11.1 Å². The smallest absolute Gasteiger partial charge is 0.344 e. The largest absolute Gasteiger partial charge is 0.482 e. The van der Waals surface area contributed by atoms with E-state index >= 15 is 0 Å². The van der Waals surface area contributed by atoms with Gasteiger partial charge in [0.05, 0.1) is 0 Å². The summed E-state index contributed by atoms with van der Waals surface area (Å²) >= 11 is 0. The quantitative estimate of drug-likeness (QED) is 0.556. The second-order valence-electron chi connectivity index (χ2n) is 5.52. The van der Waals surface area contributed by atoms with E-state index in [9.17, 15) is 14.4 Å². The minimum Gasteiger partial charge on any atom is -0.482 e. The standard InChI is InChI=1S/C19H16O7/c1-12(20)13-2-5-15(6-3-13)23-10-19(22)24-9-16(21)14-4-7-17-18(8-14)26-11-25-17/h2-8H,9-11H2,1H3. The van der Waals surface area contributed by atoms with Gasteiger partial charge < -0.3 is 18.9 Å². The molecule has 1 aliphatic heterocycles. The monoisotopic (exact) mass is 356 g/mol. The number of hydrogen-bond acceptors (Lipinski definition) is 7. The van der Waals surface area contributed by atoms with Crippen LogP contribution >= 0.6 is 0 Å². The number of hydrogen-bond donors (Lipinski definition) is 0. The van der Waals surface area contributed by atoms with Crippen LogP contribution in [-0.2, 0) is 9.53 Å². The maximum Gasteiger partial charge on any atom is 0.344 e. The molecule has 0 spiro atoms. The van der Waals surface area contributed by atoms with Crippen LogP contribution in [0.3, 0.4) is 0 Å². The van der Waals surface area contributed by atoms with Crippen LogP contribution in [0.4, 0.5) is 0 Å². The van der Waals surface area contributed by atoms with Crippen LogP contribution in [0, 0.1) is 0 Å². The summed E-state index contributed by atoms with van der Waals surface area (Å²) in [5.74, 6) is 0.395. The van der Waals surface area contributed by atoms with Gasteiger partial charge in [0.15, 0.2) is 36.3 Å². The Hall–Kier alpha value is -3.35. The van der Waals surface area contributed by atoms with Crippen molar-refractivity contribution in [3.8, 4) is 17.2 Å². The van der Waals surface area contributed by atoms with Gasteiger partial charge in [-0.2, -0.15) is 0 Å². The molecule has 2 aromatic carbocycles. The number of rotatable bonds is 7. The lowest BCUT2D eigenvalue weighted by Gasteiger charge is -2.07. The number of carbonyl (C=O) groups is 3. The summed E-state index contributed by atoms with van der Waals surface area (Å²) in [6.45, 7) is 0.843. The van der Waals surface area contributed by atoms with E-state index in [4.69, 9.17) is 18.9 Å². The SMILES string of the molecule is CC(=O)c1ccc(OCC(=O)OCC(=O)c2ccc3c(c2)OCO3)cc1. The number of ketones is 2. The minimum absolute atomic E-state index is 0.0574. The molecule has 1 aliphatic rings. The third-order valence-corrected chi connectivity index (χ3v) is 3.68. The number of ether oxygens (including phenoxy) is 4. The number of benzene rings is 2. The third-order valence-electron chi connectivity index (χ3n) is 3.68. The van der Waals surface area contributed by atoms with Crippen LogP contribution in [0.2, 0.25) is 0 Å². The molecule has 0 saturated heterocycles. The van der Waals surface area contributed by atoms with Crippen molar-refractivity contribution in [1.29, 1.82) is 0 Å². The minimum atomic E-state index is -0.672. The molecular formula is C19H16O7. The van der Waals surface area contributed by atoms with Crippen LogP contribution in [0.5, 0.6) is 17.2 Å². The predicted molar refractivity (Wildman–Crippen MR) is 89.8 cm³/mol. The summed E-state index contributed by atoms with van der Waals surface area (Å²) in [6, 6.07) is 11.1. The van der Waals surface area contributed by atoms with Crippen molar-refractivity contribution in [3.63, 3.8) is 0 Å². The van der Waals surface area contributed by atoms with Crippen molar-refractivity contribution < 1.29 is 33.3 Å². The molecular weight excluding hydrogens is 340 g/mol. The fourth-order valence-electron chi connectivity index (χ4n) is 2.27. The Morgan fingerprint density at radius 3 is 2.35 bits per heavy atom. The second-order valence-corrected chi connectivity index (χ2v) is 5.52. The molecule has 1 heterocycles. The summed E-state index contributed by atoms with van der Waals surface area (Å²) in [6.07, 6.45) is 0. The van der Waals surface area contributed by atoms with Crippen molar-refractivity contribution in [2.75, 3.05) is 20.0 Å². The lowest BCUT2D eigenvalue weighted by molar-refractivity contribution is -0.144. The molecule has 0 aromatic heterocycles. The Bertz CT molecular complexity index is 839. The molecule has 0 N–H and O–H groups in total. The molecule has 134 valence electrons. The highest BCUT2D eigenvalue weighted by Crippen LogP contribution is 2.32. The van der Waals surface area contributed by atoms with Crippen LogP contribution in [0.15, 0.2) is 42.5 Å². The van der Waals surface area contributed by atoms with Crippen molar-refractivity contribution in [3.05, 3.63) is 53.6 Å². The molecule has 0 unspecified atom stereocenters. The van der Waals surface area contributed by atoms with Gasteiger partial charge in [-0.1, -0.05) is 0 Å². The first-order chi connectivity index (χ1) is 12.5. The Balaban J connectivity index is 1.46. The van der Waals surface area contributed by atoms with Gasteiger partial charge in [0.25, 0.3) is 0 Å². The lowest BCUT2D eigenvalue weighted by Crippen LogP contribution is -2.19. The molecule has 0 fully saturated rings. The van der Waals surface area contributed by atoms with Crippen LogP contribution < -0.4 is 14.2 Å². The fourth-order valence-corrected chi connectivity index (χ4v) is 2.27. The summed E-state index contributed by atoms with van der Waals surface area (Å²) in [4.78, 5) is 35.0. The van der Waals surface area contributed by atoms with E-state index in [2.05, 4.69) is 0 Å². The molecule has 0 bridgehead atoms. The molecule has 26 heavy (non-hydrogen) atoms. The third kappa shape index (κ3) is 4.18. The van der Waals surface area contributed by atoms with Gasteiger partial charge >= 0.3 is 5.97 Å². The molecule has 0 atom stereocenters. The molecule has 7 nitrogen and oxygen atoms in total.